The molecule has 3 atom stereocenters. The van der Waals surface area contributed by atoms with Crippen molar-refractivity contribution in [3.05, 3.63) is 65.0 Å². The summed E-state index contributed by atoms with van der Waals surface area (Å²) in [6.07, 6.45) is -2.70. The smallest absolute Gasteiger partial charge is 0.317 e. The number of likely N-dealkylation sites (N-methyl/N-ethyl adjacent to an activating group) is 2. The minimum Gasteiger partial charge on any atom is -0.481 e. The van der Waals surface area contributed by atoms with E-state index in [-0.39, 0.29) is 104 Å². The third-order valence-corrected chi connectivity index (χ3v) is 13.5. The highest BCUT2D eigenvalue weighted by Gasteiger charge is 2.33. The van der Waals surface area contributed by atoms with Gasteiger partial charge in [-0.2, -0.15) is 0 Å². The van der Waals surface area contributed by atoms with Gasteiger partial charge in [-0.25, -0.2) is 4.98 Å². The lowest BCUT2D eigenvalue weighted by Crippen LogP contribution is -2.49. The second kappa shape index (κ2) is 32.3. The van der Waals surface area contributed by atoms with Crippen LogP contribution in [0.5, 0.6) is 0 Å². The third kappa shape index (κ3) is 22.5. The Kier molecular flexibility index (Phi) is 26.1. The number of aromatic amines is 1. The van der Waals surface area contributed by atoms with Crippen LogP contribution in [0.25, 0.3) is 11.0 Å². The van der Waals surface area contributed by atoms with Crippen LogP contribution in [0.3, 0.4) is 0 Å². The number of amides is 4. The molecule has 4 rings (SSSR count). The standard InChI is InChI=1S/C53H74N10O17/c1-4-60(32-49(74)75)20-21-61(22-23-62(33-50(76)77)19-18-58(2)31-48(72)73)30-44(65)57-41(13-15-46(68)69)42(64)26-35(12-14-45(66)67)51(78)54-16-7-17-63-28-38-25-36(11-10-34(38)24-37(53(63)80)27-47(70)71)52(79)59(3)29-43-55-39-8-5-6-9-40(39)56-43/h5-6,8-11,25,35,37,41H,4,7,12-24,26-33H2,1-3H3,(H,54,78)(H,55,56)(H,57,65)(H,66,67)(H,68,69)(H,70,71)(H,72,73)(H,74,75)(H,76,77). The van der Waals surface area contributed by atoms with E-state index >= 15 is 0 Å². The maximum atomic E-state index is 14.0. The van der Waals surface area contributed by atoms with Crippen LogP contribution in [0.15, 0.2) is 42.5 Å². The van der Waals surface area contributed by atoms with E-state index in [4.69, 9.17) is 5.11 Å². The number of rotatable bonds is 38. The zero-order valence-electron chi connectivity index (χ0n) is 45.3. The number of benzene rings is 2. The Bertz CT molecular complexity index is 2650. The Balaban J connectivity index is 1.45. The normalized spacial score (nSPS) is 14.2. The van der Waals surface area contributed by atoms with Gasteiger partial charge >= 0.3 is 35.8 Å². The lowest BCUT2D eigenvalue weighted by molar-refractivity contribution is -0.144. The number of hydrogen-bond acceptors (Lipinski definition) is 16. The summed E-state index contributed by atoms with van der Waals surface area (Å²) < 4.78 is 0. The second-order valence-corrected chi connectivity index (χ2v) is 19.9. The quantitative estimate of drug-likeness (QED) is 0.0347. The number of nitrogens with one attached hydrogen (secondary N) is 3. The van der Waals surface area contributed by atoms with Gasteiger partial charge in [-0.1, -0.05) is 25.1 Å². The summed E-state index contributed by atoms with van der Waals surface area (Å²) in [5, 5.41) is 62.2. The number of carboxylic acids is 6. The average Bonchev–Trinajstić information content (AvgIpc) is 3.82. The maximum absolute atomic E-state index is 14.0. The summed E-state index contributed by atoms with van der Waals surface area (Å²) in [6.45, 7) is 1.40. The van der Waals surface area contributed by atoms with Crippen LogP contribution in [-0.4, -0.2) is 240 Å². The number of aliphatic carboxylic acids is 6. The minimum absolute atomic E-state index is 0.0165. The van der Waals surface area contributed by atoms with Gasteiger partial charge in [0.2, 0.25) is 17.7 Å². The molecule has 0 radical (unpaired) electrons. The molecule has 1 aliphatic rings. The minimum atomic E-state index is -1.46. The number of hydrogen-bond donors (Lipinski definition) is 9. The summed E-state index contributed by atoms with van der Waals surface area (Å²) in [4.78, 5) is 156. The molecular weight excluding hydrogens is 1050 g/mol. The molecule has 0 saturated carbocycles. The fraction of sp³-hybridized carbons (Fsp3) is 0.547. The van der Waals surface area contributed by atoms with E-state index in [2.05, 4.69) is 20.6 Å². The van der Waals surface area contributed by atoms with E-state index in [1.54, 1.807) is 49.0 Å². The second-order valence-electron chi connectivity index (χ2n) is 19.9. The first-order valence-corrected chi connectivity index (χ1v) is 26.3. The molecule has 2 heterocycles. The molecule has 1 aliphatic heterocycles. The summed E-state index contributed by atoms with van der Waals surface area (Å²) in [7, 11) is 3.17. The Hall–Kier alpha value is -7.88. The van der Waals surface area contributed by atoms with Gasteiger partial charge in [-0.05, 0) is 74.7 Å². The van der Waals surface area contributed by atoms with Gasteiger partial charge in [0, 0.05) is 96.7 Å². The lowest BCUT2D eigenvalue weighted by Gasteiger charge is -2.30. The van der Waals surface area contributed by atoms with Crippen molar-refractivity contribution in [3.63, 3.8) is 0 Å². The number of para-hydroxylation sites is 2. The molecule has 9 N–H and O–H groups in total. The van der Waals surface area contributed by atoms with E-state index in [1.807, 2.05) is 24.3 Å². The Labute approximate surface area is 461 Å². The summed E-state index contributed by atoms with van der Waals surface area (Å²) in [6, 6.07) is 11.0. The number of nitrogens with zero attached hydrogens (tertiary/aromatic N) is 7. The van der Waals surface area contributed by atoms with Crippen LogP contribution in [0.1, 0.15) is 79.2 Å². The number of carbonyl (C=O) groups is 11. The summed E-state index contributed by atoms with van der Waals surface area (Å²) in [5.41, 5.74) is 3.20. The van der Waals surface area contributed by atoms with Crippen molar-refractivity contribution in [3.8, 4) is 0 Å². The van der Waals surface area contributed by atoms with E-state index < -0.39 is 122 Å². The first-order valence-electron chi connectivity index (χ1n) is 26.3. The molecule has 3 unspecified atom stereocenters. The molecule has 0 bridgehead atoms. The topological polar surface area (TPSA) is 381 Å². The van der Waals surface area contributed by atoms with E-state index in [0.717, 1.165) is 11.0 Å². The predicted molar refractivity (Wildman–Crippen MR) is 285 cm³/mol. The number of imidazole rings is 1. The molecule has 27 heteroatoms. The predicted octanol–water partition coefficient (Wildman–Crippen LogP) is 0.218. The fourth-order valence-electron chi connectivity index (χ4n) is 9.27. The highest BCUT2D eigenvalue weighted by molar-refractivity contribution is 5.95. The van der Waals surface area contributed by atoms with Crippen LogP contribution in [0.4, 0.5) is 0 Å². The Morgan fingerprint density at radius 1 is 0.725 bits per heavy atom. The van der Waals surface area contributed by atoms with E-state index in [0.29, 0.717) is 29.1 Å². The van der Waals surface area contributed by atoms with Crippen LogP contribution in [0.2, 0.25) is 0 Å². The van der Waals surface area contributed by atoms with Crippen LogP contribution in [0, 0.1) is 11.8 Å². The van der Waals surface area contributed by atoms with Gasteiger partial charge in [0.15, 0.2) is 5.78 Å². The third-order valence-electron chi connectivity index (χ3n) is 13.5. The van der Waals surface area contributed by atoms with E-state index in [1.165, 1.54) is 19.6 Å². The molecule has 27 nitrogen and oxygen atoms in total. The van der Waals surface area contributed by atoms with Gasteiger partial charge < -0.3 is 56.1 Å². The van der Waals surface area contributed by atoms with Gasteiger partial charge in [0.05, 0.1) is 62.1 Å². The molecule has 3 aromatic rings. The average molecular weight is 1120 g/mol. The van der Waals surface area contributed by atoms with Crippen molar-refractivity contribution in [1.82, 2.24) is 50.0 Å². The highest BCUT2D eigenvalue weighted by Crippen LogP contribution is 2.27. The van der Waals surface area contributed by atoms with Crippen LogP contribution in [-0.2, 0) is 67.5 Å². The lowest BCUT2D eigenvalue weighted by atomic mass is 9.91. The van der Waals surface area contributed by atoms with Crippen molar-refractivity contribution in [1.29, 1.82) is 0 Å². The largest absolute Gasteiger partial charge is 0.481 e. The fourth-order valence-corrected chi connectivity index (χ4v) is 9.27. The van der Waals surface area contributed by atoms with Crippen molar-refractivity contribution in [2.45, 2.75) is 77.4 Å². The molecule has 4 amide bonds. The van der Waals surface area contributed by atoms with Gasteiger partial charge in [-0.15, -0.1) is 0 Å². The first-order chi connectivity index (χ1) is 37.9. The van der Waals surface area contributed by atoms with Crippen LogP contribution >= 0.6 is 0 Å². The number of ketones is 1. The number of aromatic nitrogens is 2. The van der Waals surface area contributed by atoms with Crippen molar-refractivity contribution in [2.24, 2.45) is 11.8 Å². The van der Waals surface area contributed by atoms with Crippen molar-refractivity contribution >= 4 is 76.3 Å². The number of H-pyrrole nitrogens is 1. The zero-order valence-corrected chi connectivity index (χ0v) is 45.3. The number of fused-ring (bicyclic) bond motifs is 2. The molecule has 80 heavy (non-hydrogen) atoms. The molecule has 438 valence electrons. The van der Waals surface area contributed by atoms with E-state index in [9.17, 15) is 78.3 Å². The monoisotopic (exact) mass is 1120 g/mol. The van der Waals surface area contributed by atoms with Gasteiger partial charge in [-0.3, -0.25) is 72.3 Å². The Morgan fingerprint density at radius 2 is 1.34 bits per heavy atom. The Morgan fingerprint density at radius 3 is 1.96 bits per heavy atom. The summed E-state index contributed by atoms with van der Waals surface area (Å²) in [5.74, 6) is -11.8. The van der Waals surface area contributed by atoms with Crippen LogP contribution < -0.4 is 10.6 Å². The van der Waals surface area contributed by atoms with Gasteiger partial charge in [0.1, 0.15) is 5.82 Å². The van der Waals surface area contributed by atoms with Crippen molar-refractivity contribution < 1.29 is 83.4 Å². The zero-order chi connectivity index (χ0) is 59.1. The molecule has 0 aliphatic carbocycles. The maximum Gasteiger partial charge on any atom is 0.317 e. The summed E-state index contributed by atoms with van der Waals surface area (Å²) >= 11 is 0. The van der Waals surface area contributed by atoms with Gasteiger partial charge in [0.25, 0.3) is 5.91 Å². The molecule has 0 saturated heterocycles. The first kappa shape index (κ1) is 64.6. The number of carbonyl (C=O) groups excluding carboxylic acids is 5. The number of carboxylic acid groups (broad SMARTS) is 6. The molecular formula is C53H74N10O17. The molecule has 0 spiro atoms. The molecule has 2 aromatic carbocycles. The molecule has 1 aromatic heterocycles. The highest BCUT2D eigenvalue weighted by atomic mass is 16.4. The van der Waals surface area contributed by atoms with Crippen molar-refractivity contribution in [2.75, 3.05) is 99.2 Å². The SMILES string of the molecule is CCN(CCN(CCN(CCN(C)CC(=O)O)CC(=O)O)CC(=O)NC(CCC(=O)O)C(=O)CC(CCC(=O)O)C(=O)NCCCN1Cc2cc(C(=O)N(C)Cc3nc4ccccc4[nH]3)ccc2CC(CC(=O)O)C1=O)CC(=O)O. The molecule has 0 fully saturated rings. The number of Topliss-reactive ketones (excluding diaryl/α,β-unsaturated/α-hetero) is 1.